The summed E-state index contributed by atoms with van der Waals surface area (Å²) in [5.41, 5.74) is 1.69. The average Bonchev–Trinajstić information content (AvgIpc) is 3.09. The highest BCUT2D eigenvalue weighted by molar-refractivity contribution is 8.00. The summed E-state index contributed by atoms with van der Waals surface area (Å²) in [6.45, 7) is 1.78. The molecule has 1 atom stereocenters. The first-order valence-corrected chi connectivity index (χ1v) is 10.7. The SMILES string of the molecule is C[C@H](Sc1nnnn1-c1ccccc1)C(=O)c1ccc(NS(C)(=O)=O)cc1. The maximum absolute atomic E-state index is 12.7. The highest BCUT2D eigenvalue weighted by Gasteiger charge is 2.20. The number of nitrogens with zero attached hydrogens (tertiary/aromatic N) is 4. The van der Waals surface area contributed by atoms with E-state index in [-0.39, 0.29) is 5.78 Å². The molecule has 0 saturated heterocycles. The lowest BCUT2D eigenvalue weighted by atomic mass is 10.1. The number of hydrogen-bond donors (Lipinski definition) is 1. The van der Waals surface area contributed by atoms with E-state index in [1.807, 2.05) is 30.3 Å². The van der Waals surface area contributed by atoms with Crippen LogP contribution in [0.3, 0.4) is 0 Å². The molecule has 3 rings (SSSR count). The summed E-state index contributed by atoms with van der Waals surface area (Å²) in [6, 6.07) is 15.7. The van der Waals surface area contributed by atoms with Gasteiger partial charge < -0.3 is 0 Å². The molecule has 8 nitrogen and oxygen atoms in total. The van der Waals surface area contributed by atoms with E-state index in [4.69, 9.17) is 0 Å². The van der Waals surface area contributed by atoms with Crippen LogP contribution in [-0.2, 0) is 10.0 Å². The molecule has 0 bridgehead atoms. The Balaban J connectivity index is 1.73. The fourth-order valence-electron chi connectivity index (χ4n) is 2.35. The Kier molecular flexibility index (Phi) is 5.57. The third kappa shape index (κ3) is 4.92. The fourth-order valence-corrected chi connectivity index (χ4v) is 3.80. The quantitative estimate of drug-likeness (QED) is 0.477. The Labute approximate surface area is 161 Å². The van der Waals surface area contributed by atoms with Crippen molar-refractivity contribution in [1.82, 2.24) is 20.2 Å². The smallest absolute Gasteiger partial charge is 0.229 e. The summed E-state index contributed by atoms with van der Waals surface area (Å²) in [4.78, 5) is 12.7. The second-order valence-electron chi connectivity index (χ2n) is 5.78. The molecule has 2 aromatic carbocycles. The molecule has 27 heavy (non-hydrogen) atoms. The summed E-state index contributed by atoms with van der Waals surface area (Å²) >= 11 is 1.25. The number of aromatic nitrogens is 4. The highest BCUT2D eigenvalue weighted by Crippen LogP contribution is 2.25. The monoisotopic (exact) mass is 403 g/mol. The normalized spacial score (nSPS) is 12.5. The van der Waals surface area contributed by atoms with Crippen LogP contribution in [0.25, 0.3) is 5.69 Å². The number of nitrogens with one attached hydrogen (secondary N) is 1. The summed E-state index contributed by atoms with van der Waals surface area (Å²) < 4.78 is 26.4. The van der Waals surface area contributed by atoms with Gasteiger partial charge in [-0.25, -0.2) is 8.42 Å². The minimum atomic E-state index is -3.36. The number of thioether (sulfide) groups is 1. The van der Waals surface area contributed by atoms with Crippen molar-refractivity contribution in [3.63, 3.8) is 0 Å². The second kappa shape index (κ2) is 7.89. The number of sulfonamides is 1. The van der Waals surface area contributed by atoms with Crippen molar-refractivity contribution in [2.75, 3.05) is 11.0 Å². The van der Waals surface area contributed by atoms with E-state index in [0.29, 0.717) is 16.4 Å². The zero-order chi connectivity index (χ0) is 19.4. The third-order valence-corrected chi connectivity index (χ3v) is 5.21. The minimum absolute atomic E-state index is 0.103. The van der Waals surface area contributed by atoms with Gasteiger partial charge in [0.25, 0.3) is 0 Å². The predicted molar refractivity (Wildman–Crippen MR) is 104 cm³/mol. The highest BCUT2D eigenvalue weighted by atomic mass is 32.2. The number of Topliss-reactive ketones (excluding diaryl/α,β-unsaturated/α-hetero) is 1. The molecular weight excluding hydrogens is 386 g/mol. The Hall–Kier alpha value is -2.72. The molecule has 0 saturated carbocycles. The molecule has 0 aliphatic heterocycles. The standard InChI is InChI=1S/C17H17N5O3S2/c1-12(16(23)13-8-10-14(11-9-13)19-27(2,24)25)26-17-18-20-21-22(17)15-6-4-3-5-7-15/h3-12,19H,1-2H3/t12-/m0/s1. The van der Waals surface area contributed by atoms with Gasteiger partial charge >= 0.3 is 0 Å². The Morgan fingerprint density at radius 1 is 1.11 bits per heavy atom. The molecule has 0 amide bonds. The van der Waals surface area contributed by atoms with Crippen molar-refractivity contribution in [1.29, 1.82) is 0 Å². The van der Waals surface area contributed by atoms with E-state index in [9.17, 15) is 13.2 Å². The van der Waals surface area contributed by atoms with E-state index in [1.165, 1.54) is 11.8 Å². The van der Waals surface area contributed by atoms with Crippen LogP contribution in [0.5, 0.6) is 0 Å². The summed E-state index contributed by atoms with van der Waals surface area (Å²) in [5.74, 6) is -0.103. The Morgan fingerprint density at radius 2 is 1.78 bits per heavy atom. The van der Waals surface area contributed by atoms with Crippen LogP contribution in [0, 0.1) is 0 Å². The van der Waals surface area contributed by atoms with Crippen LogP contribution in [-0.4, -0.2) is 45.9 Å². The van der Waals surface area contributed by atoms with E-state index < -0.39 is 15.3 Å². The Morgan fingerprint density at radius 3 is 2.41 bits per heavy atom. The van der Waals surface area contributed by atoms with Crippen molar-refractivity contribution in [2.24, 2.45) is 0 Å². The van der Waals surface area contributed by atoms with Crippen molar-refractivity contribution < 1.29 is 13.2 Å². The van der Waals surface area contributed by atoms with Crippen LogP contribution in [0.1, 0.15) is 17.3 Å². The van der Waals surface area contributed by atoms with Crippen molar-refractivity contribution in [2.45, 2.75) is 17.3 Å². The molecule has 1 aromatic heterocycles. The van der Waals surface area contributed by atoms with Gasteiger partial charge in [0.05, 0.1) is 17.2 Å². The zero-order valence-corrected chi connectivity index (χ0v) is 16.2. The van der Waals surface area contributed by atoms with Crippen molar-refractivity contribution in [3.05, 3.63) is 60.2 Å². The van der Waals surface area contributed by atoms with Gasteiger partial charge in [-0.15, -0.1) is 5.10 Å². The molecule has 1 N–H and O–H groups in total. The zero-order valence-electron chi connectivity index (χ0n) is 14.6. The molecule has 10 heteroatoms. The molecule has 0 aliphatic rings. The van der Waals surface area contributed by atoms with E-state index in [1.54, 1.807) is 35.9 Å². The van der Waals surface area contributed by atoms with Crippen LogP contribution in [0.4, 0.5) is 5.69 Å². The van der Waals surface area contributed by atoms with Gasteiger partial charge in [-0.2, -0.15) is 4.68 Å². The number of ketones is 1. The van der Waals surface area contributed by atoms with Gasteiger partial charge in [-0.1, -0.05) is 30.0 Å². The molecule has 0 radical (unpaired) electrons. The van der Waals surface area contributed by atoms with Crippen LogP contribution in [0.15, 0.2) is 59.8 Å². The topological polar surface area (TPSA) is 107 Å². The lowest BCUT2D eigenvalue weighted by Gasteiger charge is -2.11. The summed E-state index contributed by atoms with van der Waals surface area (Å²) in [7, 11) is -3.36. The van der Waals surface area contributed by atoms with Crippen LogP contribution >= 0.6 is 11.8 Å². The molecule has 0 unspecified atom stereocenters. The van der Waals surface area contributed by atoms with Crippen LogP contribution < -0.4 is 4.72 Å². The summed E-state index contributed by atoms with van der Waals surface area (Å²) in [6.07, 6.45) is 1.07. The fraction of sp³-hybridized carbons (Fsp3) is 0.176. The van der Waals surface area contributed by atoms with Gasteiger partial charge in [-0.3, -0.25) is 9.52 Å². The van der Waals surface area contributed by atoms with Crippen molar-refractivity contribution in [3.8, 4) is 5.69 Å². The van der Waals surface area contributed by atoms with Gasteiger partial charge in [0.1, 0.15) is 0 Å². The van der Waals surface area contributed by atoms with Gasteiger partial charge in [0.2, 0.25) is 15.2 Å². The minimum Gasteiger partial charge on any atom is -0.293 e. The number of rotatable bonds is 7. The number of hydrogen-bond acceptors (Lipinski definition) is 7. The molecule has 0 spiro atoms. The van der Waals surface area contributed by atoms with E-state index in [0.717, 1.165) is 11.9 Å². The number of anilines is 1. The van der Waals surface area contributed by atoms with Gasteiger partial charge in [0.15, 0.2) is 5.78 Å². The lowest BCUT2D eigenvalue weighted by Crippen LogP contribution is -2.15. The van der Waals surface area contributed by atoms with E-state index in [2.05, 4.69) is 20.2 Å². The summed E-state index contributed by atoms with van der Waals surface area (Å²) in [5, 5.41) is 11.8. The predicted octanol–water partition coefficient (Wildman–Crippen LogP) is 2.40. The number of carbonyl (C=O) groups excluding carboxylic acids is 1. The van der Waals surface area contributed by atoms with Gasteiger partial charge in [0, 0.05) is 11.3 Å². The average molecular weight is 403 g/mol. The van der Waals surface area contributed by atoms with Gasteiger partial charge in [-0.05, 0) is 53.7 Å². The molecule has 140 valence electrons. The lowest BCUT2D eigenvalue weighted by molar-refractivity contribution is 0.0994. The molecular formula is C17H17N5O3S2. The number of carbonyl (C=O) groups is 1. The number of tetrazole rings is 1. The van der Waals surface area contributed by atoms with Crippen LogP contribution in [0.2, 0.25) is 0 Å². The molecule has 0 aliphatic carbocycles. The molecule has 1 heterocycles. The second-order valence-corrected chi connectivity index (χ2v) is 8.84. The van der Waals surface area contributed by atoms with E-state index >= 15 is 0 Å². The third-order valence-electron chi connectivity index (χ3n) is 3.57. The number of benzene rings is 2. The first kappa shape index (κ1) is 19.1. The molecule has 0 fully saturated rings. The largest absolute Gasteiger partial charge is 0.293 e. The maximum Gasteiger partial charge on any atom is 0.229 e. The first-order chi connectivity index (χ1) is 12.8. The molecule has 3 aromatic rings. The maximum atomic E-state index is 12.7. The Bertz CT molecular complexity index is 1030. The number of para-hydroxylation sites is 1. The first-order valence-electron chi connectivity index (χ1n) is 7.96. The van der Waals surface area contributed by atoms with Crippen molar-refractivity contribution >= 4 is 33.3 Å².